The maximum atomic E-state index is 12.6. The molecule has 0 unspecified atom stereocenters. The zero-order valence-corrected chi connectivity index (χ0v) is 24.7. The summed E-state index contributed by atoms with van der Waals surface area (Å²) in [6.07, 6.45) is 4.67. The quantitative estimate of drug-likeness (QED) is 0.201. The highest BCUT2D eigenvalue weighted by molar-refractivity contribution is 6.05. The molecule has 2 aromatic carbocycles. The number of hydrogen-bond acceptors (Lipinski definition) is 11. The summed E-state index contributed by atoms with van der Waals surface area (Å²) in [5, 5.41) is 16.6. The Balaban J connectivity index is 0.00000370. The van der Waals surface area contributed by atoms with Crippen LogP contribution >= 0.6 is 12.4 Å². The number of primary amides is 1. The summed E-state index contributed by atoms with van der Waals surface area (Å²) in [6.45, 7) is 4.97. The van der Waals surface area contributed by atoms with Gasteiger partial charge in [0.1, 0.15) is 5.75 Å². The molecule has 2 saturated heterocycles. The predicted molar refractivity (Wildman–Crippen MR) is 172 cm³/mol. The van der Waals surface area contributed by atoms with Gasteiger partial charge < -0.3 is 43.6 Å². The lowest BCUT2D eigenvalue weighted by atomic mass is 9.96. The SMILES string of the molecule is Cc1ccc(C(=O)Nc2ccc(Nc3nc(N4CCCCC4)nc(N4CCC(C(N)=O)CC4)n3)cc2O)cc1.Cl.N.N.[HH].[HH]. The lowest BCUT2D eigenvalue weighted by Gasteiger charge is -2.32. The maximum absolute atomic E-state index is 12.6. The summed E-state index contributed by atoms with van der Waals surface area (Å²) in [6, 6.07) is 12.1. The molecule has 42 heavy (non-hydrogen) atoms. The van der Waals surface area contributed by atoms with E-state index in [0.717, 1.165) is 31.5 Å². The molecule has 14 heteroatoms. The number of halogens is 1. The number of piperidine rings is 2. The number of carbonyl (C=O) groups excluding carboxylic acids is 2. The average Bonchev–Trinajstić information content (AvgIpc) is 2.95. The Bertz CT molecular complexity index is 1360. The largest absolute Gasteiger partial charge is 0.506 e. The number of carbonyl (C=O) groups is 2. The molecule has 11 N–H and O–H groups in total. The van der Waals surface area contributed by atoms with Gasteiger partial charge in [0, 0.05) is 52.3 Å². The molecular weight excluding hydrogens is 560 g/mol. The topological polar surface area (TPSA) is 220 Å². The molecule has 2 aliphatic heterocycles. The smallest absolute Gasteiger partial charge is 0.255 e. The van der Waals surface area contributed by atoms with Gasteiger partial charge in [0.25, 0.3) is 5.91 Å². The highest BCUT2D eigenvalue weighted by Gasteiger charge is 2.26. The van der Waals surface area contributed by atoms with E-state index in [2.05, 4.69) is 30.4 Å². The number of aryl methyl sites for hydroxylation is 1. The molecule has 2 fully saturated rings. The van der Waals surface area contributed by atoms with Crippen molar-refractivity contribution in [2.75, 3.05) is 46.6 Å². The maximum Gasteiger partial charge on any atom is 0.255 e. The summed E-state index contributed by atoms with van der Waals surface area (Å²) in [7, 11) is 0. The van der Waals surface area contributed by atoms with E-state index in [1.165, 1.54) is 12.5 Å². The third-order valence-electron chi connectivity index (χ3n) is 7.25. The van der Waals surface area contributed by atoms with Gasteiger partial charge in [-0.05, 0) is 63.3 Å². The standard InChI is InChI=1S/C28H34N8O3.ClH.2H3N.2H2/c1-18-5-7-20(8-6-18)25(39)31-22-10-9-21(17-23(22)37)30-26-32-27(35-13-3-2-4-14-35)34-28(33-26)36-15-11-19(12-16-36)24(29)38;;;;;/h5-10,17,19,37H,2-4,11-16H2,1H3,(H2,29,38)(H,31,39)(H,30,32,33,34);1H;2*1H3;2*1H. The molecule has 2 aliphatic rings. The molecule has 1 aromatic heterocycles. The summed E-state index contributed by atoms with van der Waals surface area (Å²) in [5.41, 5.74) is 7.94. The first-order chi connectivity index (χ1) is 18.9. The number of nitrogens with zero attached hydrogens (tertiary/aromatic N) is 5. The van der Waals surface area contributed by atoms with Crippen molar-refractivity contribution < 1.29 is 17.5 Å². The summed E-state index contributed by atoms with van der Waals surface area (Å²) in [4.78, 5) is 42.5. The molecular formula is C28H45ClN10O3. The van der Waals surface area contributed by atoms with Crippen LogP contribution in [0.4, 0.5) is 29.2 Å². The molecule has 0 aliphatic carbocycles. The van der Waals surface area contributed by atoms with Gasteiger partial charge in [-0.1, -0.05) is 17.7 Å². The minimum absolute atomic E-state index is 0. The number of aromatic hydroxyl groups is 1. The van der Waals surface area contributed by atoms with Gasteiger partial charge in [-0.25, -0.2) is 0 Å². The number of nitrogens with one attached hydrogen (secondary N) is 2. The van der Waals surface area contributed by atoms with Crippen molar-refractivity contribution in [3.8, 4) is 5.75 Å². The Kier molecular flexibility index (Phi) is 12.3. The number of phenolic OH excluding ortho intramolecular Hbond substituents is 1. The van der Waals surface area contributed by atoms with Crippen LogP contribution in [0.5, 0.6) is 5.75 Å². The van der Waals surface area contributed by atoms with E-state index in [-0.39, 0.29) is 51.0 Å². The molecule has 0 spiro atoms. The van der Waals surface area contributed by atoms with Crippen molar-refractivity contribution in [1.82, 2.24) is 27.3 Å². The van der Waals surface area contributed by atoms with Crippen molar-refractivity contribution in [3.63, 3.8) is 0 Å². The van der Waals surface area contributed by atoms with Crippen molar-refractivity contribution in [3.05, 3.63) is 53.6 Å². The minimum atomic E-state index is -0.306. The van der Waals surface area contributed by atoms with E-state index in [4.69, 9.17) is 10.7 Å². The highest BCUT2D eigenvalue weighted by atomic mass is 35.5. The molecule has 2 amide bonds. The normalized spacial score (nSPS) is 15.0. The lowest BCUT2D eigenvalue weighted by molar-refractivity contribution is -0.122. The van der Waals surface area contributed by atoms with Crippen molar-refractivity contribution in [1.29, 1.82) is 0 Å². The summed E-state index contributed by atoms with van der Waals surface area (Å²) in [5.74, 6) is 0.718. The zero-order valence-electron chi connectivity index (χ0n) is 23.9. The van der Waals surface area contributed by atoms with Gasteiger partial charge in [-0.2, -0.15) is 15.0 Å². The van der Waals surface area contributed by atoms with Crippen LogP contribution in [0.1, 0.15) is 50.9 Å². The van der Waals surface area contributed by atoms with Crippen LogP contribution in [0.3, 0.4) is 0 Å². The second-order valence-corrected chi connectivity index (χ2v) is 10.1. The zero-order chi connectivity index (χ0) is 27.4. The van der Waals surface area contributed by atoms with Crippen LogP contribution in [-0.2, 0) is 4.79 Å². The molecule has 0 bridgehead atoms. The van der Waals surface area contributed by atoms with E-state index in [9.17, 15) is 14.7 Å². The number of phenols is 1. The van der Waals surface area contributed by atoms with E-state index >= 15 is 0 Å². The Morgan fingerprint density at radius 1 is 0.905 bits per heavy atom. The highest BCUT2D eigenvalue weighted by Crippen LogP contribution is 2.30. The van der Waals surface area contributed by atoms with Crippen LogP contribution < -0.4 is 38.5 Å². The van der Waals surface area contributed by atoms with Gasteiger partial charge in [0.05, 0.1) is 5.69 Å². The van der Waals surface area contributed by atoms with Gasteiger partial charge in [0.2, 0.25) is 23.8 Å². The molecule has 5 rings (SSSR count). The van der Waals surface area contributed by atoms with Crippen LogP contribution in [0.15, 0.2) is 42.5 Å². The first kappa shape index (κ1) is 34.0. The summed E-state index contributed by atoms with van der Waals surface area (Å²) < 4.78 is 0. The Labute approximate surface area is 254 Å². The average molecular weight is 605 g/mol. The molecule has 232 valence electrons. The lowest BCUT2D eigenvalue weighted by Crippen LogP contribution is -2.40. The van der Waals surface area contributed by atoms with Crippen molar-refractivity contribution in [2.24, 2.45) is 11.7 Å². The van der Waals surface area contributed by atoms with Crippen LogP contribution in [-0.4, -0.2) is 58.1 Å². The molecule has 13 nitrogen and oxygen atoms in total. The minimum Gasteiger partial charge on any atom is -0.506 e. The van der Waals surface area contributed by atoms with Crippen LogP contribution in [0.25, 0.3) is 0 Å². The number of benzene rings is 2. The van der Waals surface area contributed by atoms with Gasteiger partial charge in [-0.15, -0.1) is 12.4 Å². The van der Waals surface area contributed by atoms with E-state index < -0.39 is 0 Å². The molecule has 3 heterocycles. The van der Waals surface area contributed by atoms with Crippen LogP contribution in [0, 0.1) is 12.8 Å². The van der Waals surface area contributed by atoms with E-state index in [0.29, 0.717) is 60.7 Å². The Hall–Kier alpha value is -4.20. The Morgan fingerprint density at radius 2 is 1.50 bits per heavy atom. The number of nitrogens with two attached hydrogens (primary N) is 1. The first-order valence-electron chi connectivity index (χ1n) is 13.4. The van der Waals surface area contributed by atoms with Crippen LogP contribution in [0.2, 0.25) is 0 Å². The fourth-order valence-electron chi connectivity index (χ4n) is 4.89. The number of hydrogen-bond donors (Lipinski definition) is 6. The predicted octanol–water partition coefficient (Wildman–Crippen LogP) is 4.81. The third-order valence-corrected chi connectivity index (χ3v) is 7.25. The summed E-state index contributed by atoms with van der Waals surface area (Å²) >= 11 is 0. The molecule has 0 saturated carbocycles. The van der Waals surface area contributed by atoms with Gasteiger partial charge in [-0.3, -0.25) is 9.59 Å². The number of rotatable bonds is 7. The first-order valence-corrected chi connectivity index (χ1v) is 13.4. The second-order valence-electron chi connectivity index (χ2n) is 10.1. The molecule has 3 aromatic rings. The molecule has 0 radical (unpaired) electrons. The Morgan fingerprint density at radius 3 is 2.07 bits per heavy atom. The number of amides is 2. The number of anilines is 5. The number of aromatic nitrogens is 3. The van der Waals surface area contributed by atoms with E-state index in [1.807, 2.05) is 19.1 Å². The monoisotopic (exact) mass is 604 g/mol. The van der Waals surface area contributed by atoms with Gasteiger partial charge >= 0.3 is 0 Å². The molecule has 0 atom stereocenters. The van der Waals surface area contributed by atoms with Crippen molar-refractivity contribution >= 4 is 53.4 Å². The second kappa shape index (κ2) is 15.1. The van der Waals surface area contributed by atoms with E-state index in [1.54, 1.807) is 24.3 Å². The fourth-order valence-corrected chi connectivity index (χ4v) is 4.89. The fraction of sp³-hybridized carbons (Fsp3) is 0.393. The van der Waals surface area contributed by atoms with Crippen molar-refractivity contribution in [2.45, 2.75) is 39.0 Å². The van der Waals surface area contributed by atoms with Gasteiger partial charge in [0.15, 0.2) is 0 Å². The third kappa shape index (κ3) is 8.18.